The average Bonchev–Trinajstić information content (AvgIpc) is 2.04. The number of ether oxygens (including phenoxy) is 2. The molecule has 11 heavy (non-hydrogen) atoms. The summed E-state index contributed by atoms with van der Waals surface area (Å²) in [6.45, 7) is 0.330. The van der Waals surface area contributed by atoms with Crippen molar-refractivity contribution in [2.45, 2.75) is 24.7 Å². The molecule has 4 nitrogen and oxygen atoms in total. The standard InChI is InChI=1S/C7H14O4/c1-10-7-4-11-5(3-8)2-6(7)9/h5-9H,2-4H2,1H3. The number of aliphatic hydroxyl groups is 2. The van der Waals surface area contributed by atoms with Gasteiger partial charge in [0.15, 0.2) is 0 Å². The summed E-state index contributed by atoms with van der Waals surface area (Å²) in [6, 6.07) is 0. The number of methoxy groups -OCH3 is 1. The molecular formula is C7H14O4. The van der Waals surface area contributed by atoms with E-state index in [1.807, 2.05) is 0 Å². The van der Waals surface area contributed by atoms with Crippen LogP contribution in [0.1, 0.15) is 6.42 Å². The summed E-state index contributed by atoms with van der Waals surface area (Å²) < 4.78 is 10.1. The van der Waals surface area contributed by atoms with Gasteiger partial charge in [-0.25, -0.2) is 0 Å². The van der Waals surface area contributed by atoms with Gasteiger partial charge >= 0.3 is 0 Å². The van der Waals surface area contributed by atoms with Crippen molar-refractivity contribution in [1.29, 1.82) is 0 Å². The molecule has 0 spiro atoms. The minimum Gasteiger partial charge on any atom is -0.394 e. The fraction of sp³-hybridized carbons (Fsp3) is 1.00. The Morgan fingerprint density at radius 1 is 1.64 bits per heavy atom. The molecule has 1 fully saturated rings. The fourth-order valence-electron chi connectivity index (χ4n) is 1.18. The highest BCUT2D eigenvalue weighted by molar-refractivity contribution is 4.78. The van der Waals surface area contributed by atoms with Crippen LogP contribution in [0.4, 0.5) is 0 Å². The lowest BCUT2D eigenvalue weighted by Gasteiger charge is -2.31. The van der Waals surface area contributed by atoms with Crippen LogP contribution in [0.5, 0.6) is 0 Å². The van der Waals surface area contributed by atoms with Crippen LogP contribution in [0, 0.1) is 0 Å². The van der Waals surface area contributed by atoms with Crippen molar-refractivity contribution in [1.82, 2.24) is 0 Å². The second-order valence-electron chi connectivity index (χ2n) is 2.72. The first kappa shape index (κ1) is 8.93. The van der Waals surface area contributed by atoms with Crippen molar-refractivity contribution in [2.24, 2.45) is 0 Å². The predicted molar refractivity (Wildman–Crippen MR) is 38.2 cm³/mol. The number of hydrogen-bond donors (Lipinski definition) is 2. The van der Waals surface area contributed by atoms with Gasteiger partial charge in [0.25, 0.3) is 0 Å². The molecule has 0 aromatic rings. The summed E-state index contributed by atoms with van der Waals surface area (Å²) in [4.78, 5) is 0. The van der Waals surface area contributed by atoms with Gasteiger partial charge in [-0.05, 0) is 0 Å². The Kier molecular flexibility index (Phi) is 3.26. The van der Waals surface area contributed by atoms with E-state index in [1.165, 1.54) is 7.11 Å². The monoisotopic (exact) mass is 162 g/mol. The summed E-state index contributed by atoms with van der Waals surface area (Å²) in [5, 5.41) is 18.0. The minimum atomic E-state index is -0.508. The molecule has 0 aromatic carbocycles. The van der Waals surface area contributed by atoms with Crippen LogP contribution in [-0.4, -0.2) is 48.8 Å². The quantitative estimate of drug-likeness (QED) is 0.555. The Hall–Kier alpha value is -0.160. The highest BCUT2D eigenvalue weighted by atomic mass is 16.5. The van der Waals surface area contributed by atoms with Gasteiger partial charge in [-0.15, -0.1) is 0 Å². The molecule has 1 aliphatic rings. The minimum absolute atomic E-state index is 0.0342. The van der Waals surface area contributed by atoms with Gasteiger partial charge < -0.3 is 19.7 Å². The lowest BCUT2D eigenvalue weighted by Crippen LogP contribution is -2.43. The molecule has 0 aromatic heterocycles. The van der Waals surface area contributed by atoms with Crippen molar-refractivity contribution in [2.75, 3.05) is 20.3 Å². The lowest BCUT2D eigenvalue weighted by atomic mass is 10.0. The molecule has 0 radical (unpaired) electrons. The second-order valence-corrected chi connectivity index (χ2v) is 2.72. The van der Waals surface area contributed by atoms with E-state index in [0.29, 0.717) is 13.0 Å². The summed E-state index contributed by atoms with van der Waals surface area (Å²) in [7, 11) is 1.54. The molecular weight excluding hydrogens is 148 g/mol. The van der Waals surface area contributed by atoms with Gasteiger partial charge in [-0.3, -0.25) is 0 Å². The normalized spacial score (nSPS) is 39.0. The van der Waals surface area contributed by atoms with E-state index in [4.69, 9.17) is 14.6 Å². The molecule has 1 heterocycles. The molecule has 3 atom stereocenters. The van der Waals surface area contributed by atoms with Crippen molar-refractivity contribution < 1.29 is 19.7 Å². The Labute approximate surface area is 65.7 Å². The number of aliphatic hydroxyl groups excluding tert-OH is 2. The number of rotatable bonds is 2. The third-order valence-electron chi connectivity index (χ3n) is 1.94. The Morgan fingerprint density at radius 3 is 2.82 bits per heavy atom. The van der Waals surface area contributed by atoms with Gasteiger partial charge in [0, 0.05) is 13.5 Å². The van der Waals surface area contributed by atoms with Crippen LogP contribution < -0.4 is 0 Å². The molecule has 0 saturated carbocycles. The highest BCUT2D eigenvalue weighted by Crippen LogP contribution is 2.15. The lowest BCUT2D eigenvalue weighted by molar-refractivity contribution is -0.142. The first-order chi connectivity index (χ1) is 5.27. The molecule has 0 amide bonds. The molecule has 1 saturated heterocycles. The Morgan fingerprint density at radius 2 is 2.36 bits per heavy atom. The fourth-order valence-corrected chi connectivity index (χ4v) is 1.18. The van der Waals surface area contributed by atoms with E-state index >= 15 is 0 Å². The first-order valence-electron chi connectivity index (χ1n) is 3.71. The van der Waals surface area contributed by atoms with Crippen LogP contribution in [0.2, 0.25) is 0 Å². The van der Waals surface area contributed by atoms with Gasteiger partial charge in [-0.2, -0.15) is 0 Å². The van der Waals surface area contributed by atoms with E-state index in [1.54, 1.807) is 0 Å². The third kappa shape index (κ3) is 2.13. The van der Waals surface area contributed by atoms with Crippen molar-refractivity contribution in [3.05, 3.63) is 0 Å². The Balaban J connectivity index is 2.34. The van der Waals surface area contributed by atoms with E-state index in [0.717, 1.165) is 0 Å². The van der Waals surface area contributed by atoms with Gasteiger partial charge in [0.05, 0.1) is 25.4 Å². The van der Waals surface area contributed by atoms with E-state index in [2.05, 4.69) is 0 Å². The molecule has 2 N–H and O–H groups in total. The maximum absolute atomic E-state index is 9.35. The summed E-state index contributed by atoms with van der Waals surface area (Å²) in [6.07, 6.45) is -0.519. The third-order valence-corrected chi connectivity index (χ3v) is 1.94. The molecule has 0 bridgehead atoms. The largest absolute Gasteiger partial charge is 0.394 e. The van der Waals surface area contributed by atoms with Crippen LogP contribution in [0.25, 0.3) is 0 Å². The highest BCUT2D eigenvalue weighted by Gasteiger charge is 2.28. The van der Waals surface area contributed by atoms with Crippen molar-refractivity contribution in [3.8, 4) is 0 Å². The molecule has 4 heteroatoms. The zero-order chi connectivity index (χ0) is 8.27. The van der Waals surface area contributed by atoms with Gasteiger partial charge in [-0.1, -0.05) is 0 Å². The molecule has 3 unspecified atom stereocenters. The number of hydrogen-bond acceptors (Lipinski definition) is 4. The zero-order valence-electron chi connectivity index (χ0n) is 6.56. The van der Waals surface area contributed by atoms with Crippen LogP contribution >= 0.6 is 0 Å². The predicted octanol–water partition coefficient (Wildman–Crippen LogP) is -0.857. The maximum atomic E-state index is 9.35. The summed E-state index contributed by atoms with van der Waals surface area (Å²) >= 11 is 0. The molecule has 1 rings (SSSR count). The second kappa shape index (κ2) is 4.01. The van der Waals surface area contributed by atoms with E-state index in [-0.39, 0.29) is 18.8 Å². The SMILES string of the molecule is COC1COC(CO)CC1O. The van der Waals surface area contributed by atoms with E-state index < -0.39 is 6.10 Å². The summed E-state index contributed by atoms with van der Waals surface area (Å²) in [5.41, 5.74) is 0. The van der Waals surface area contributed by atoms with Gasteiger partial charge in [0.1, 0.15) is 6.10 Å². The smallest absolute Gasteiger partial charge is 0.106 e. The van der Waals surface area contributed by atoms with E-state index in [9.17, 15) is 5.11 Å². The van der Waals surface area contributed by atoms with Gasteiger partial charge in [0.2, 0.25) is 0 Å². The van der Waals surface area contributed by atoms with Crippen LogP contribution in [0.3, 0.4) is 0 Å². The molecule has 0 aliphatic carbocycles. The van der Waals surface area contributed by atoms with Crippen molar-refractivity contribution in [3.63, 3.8) is 0 Å². The van der Waals surface area contributed by atoms with Crippen LogP contribution in [-0.2, 0) is 9.47 Å². The molecule has 1 aliphatic heterocycles. The first-order valence-corrected chi connectivity index (χ1v) is 3.71. The topological polar surface area (TPSA) is 58.9 Å². The van der Waals surface area contributed by atoms with Crippen LogP contribution in [0.15, 0.2) is 0 Å². The summed E-state index contributed by atoms with van der Waals surface area (Å²) in [5.74, 6) is 0. The maximum Gasteiger partial charge on any atom is 0.106 e. The Bertz CT molecular complexity index is 117. The molecule has 66 valence electrons. The van der Waals surface area contributed by atoms with Crippen molar-refractivity contribution >= 4 is 0 Å². The zero-order valence-corrected chi connectivity index (χ0v) is 6.56. The average molecular weight is 162 g/mol.